The van der Waals surface area contributed by atoms with Gasteiger partial charge in [-0.15, -0.1) is 0 Å². The SMILES string of the molecule is Cc1ccccc1NC(=O)CNC1CC1. The fourth-order valence-corrected chi connectivity index (χ4v) is 1.43. The van der Waals surface area contributed by atoms with Crippen molar-refractivity contribution >= 4 is 11.6 Å². The molecule has 0 saturated heterocycles. The van der Waals surface area contributed by atoms with Crippen molar-refractivity contribution in [3.05, 3.63) is 29.8 Å². The number of amides is 1. The Hall–Kier alpha value is -1.35. The molecular weight excluding hydrogens is 188 g/mol. The van der Waals surface area contributed by atoms with E-state index in [1.165, 1.54) is 12.8 Å². The maximum atomic E-state index is 11.5. The molecule has 1 fully saturated rings. The molecular formula is C12H16N2O. The van der Waals surface area contributed by atoms with Crippen molar-refractivity contribution in [2.45, 2.75) is 25.8 Å². The van der Waals surface area contributed by atoms with Gasteiger partial charge in [-0.25, -0.2) is 0 Å². The van der Waals surface area contributed by atoms with Gasteiger partial charge in [-0.3, -0.25) is 4.79 Å². The lowest BCUT2D eigenvalue weighted by atomic mass is 10.2. The first-order chi connectivity index (χ1) is 7.25. The maximum absolute atomic E-state index is 11.5. The Morgan fingerprint density at radius 1 is 1.40 bits per heavy atom. The van der Waals surface area contributed by atoms with Crippen molar-refractivity contribution in [3.8, 4) is 0 Å². The van der Waals surface area contributed by atoms with E-state index in [0.29, 0.717) is 12.6 Å². The molecule has 1 aromatic carbocycles. The summed E-state index contributed by atoms with van der Waals surface area (Å²) in [7, 11) is 0. The summed E-state index contributed by atoms with van der Waals surface area (Å²) in [5.74, 6) is 0.0381. The Morgan fingerprint density at radius 2 is 2.13 bits per heavy atom. The zero-order valence-electron chi connectivity index (χ0n) is 8.92. The lowest BCUT2D eigenvalue weighted by molar-refractivity contribution is -0.115. The van der Waals surface area contributed by atoms with Gasteiger partial charge in [0.25, 0.3) is 0 Å². The molecule has 0 aliphatic heterocycles. The lowest BCUT2D eigenvalue weighted by Gasteiger charge is -2.08. The van der Waals surface area contributed by atoms with Crippen molar-refractivity contribution < 1.29 is 4.79 Å². The van der Waals surface area contributed by atoms with Crippen molar-refractivity contribution in [1.29, 1.82) is 0 Å². The highest BCUT2D eigenvalue weighted by Crippen LogP contribution is 2.18. The smallest absolute Gasteiger partial charge is 0.238 e. The summed E-state index contributed by atoms with van der Waals surface area (Å²) in [5, 5.41) is 6.08. The summed E-state index contributed by atoms with van der Waals surface area (Å²) in [6, 6.07) is 8.38. The second-order valence-corrected chi connectivity index (χ2v) is 4.02. The van der Waals surface area contributed by atoms with Gasteiger partial charge in [0.15, 0.2) is 0 Å². The van der Waals surface area contributed by atoms with Crippen molar-refractivity contribution in [3.63, 3.8) is 0 Å². The van der Waals surface area contributed by atoms with Gasteiger partial charge in [0.05, 0.1) is 6.54 Å². The summed E-state index contributed by atoms with van der Waals surface area (Å²) >= 11 is 0. The minimum Gasteiger partial charge on any atom is -0.325 e. The molecule has 15 heavy (non-hydrogen) atoms. The predicted octanol–water partition coefficient (Wildman–Crippen LogP) is 1.69. The highest BCUT2D eigenvalue weighted by molar-refractivity contribution is 5.92. The van der Waals surface area contributed by atoms with Gasteiger partial charge in [0.1, 0.15) is 0 Å². The van der Waals surface area contributed by atoms with Gasteiger partial charge in [-0.2, -0.15) is 0 Å². The van der Waals surface area contributed by atoms with E-state index in [1.54, 1.807) is 0 Å². The Labute approximate surface area is 89.9 Å². The van der Waals surface area contributed by atoms with Crippen LogP contribution < -0.4 is 10.6 Å². The van der Waals surface area contributed by atoms with E-state index >= 15 is 0 Å². The Morgan fingerprint density at radius 3 is 2.80 bits per heavy atom. The second-order valence-electron chi connectivity index (χ2n) is 4.02. The van der Waals surface area contributed by atoms with Crippen LogP contribution in [0.5, 0.6) is 0 Å². The Bertz CT molecular complexity index is 358. The zero-order valence-corrected chi connectivity index (χ0v) is 8.92. The van der Waals surface area contributed by atoms with Crippen molar-refractivity contribution in [2.75, 3.05) is 11.9 Å². The molecule has 1 aliphatic carbocycles. The number of nitrogens with one attached hydrogen (secondary N) is 2. The van der Waals surface area contributed by atoms with Crippen LogP contribution in [0.3, 0.4) is 0 Å². The monoisotopic (exact) mass is 204 g/mol. The molecule has 0 heterocycles. The summed E-state index contributed by atoms with van der Waals surface area (Å²) in [6.07, 6.45) is 2.41. The van der Waals surface area contributed by atoms with Crippen LogP contribution >= 0.6 is 0 Å². The lowest BCUT2D eigenvalue weighted by Crippen LogP contribution is -2.29. The van der Waals surface area contributed by atoms with Crippen molar-refractivity contribution in [2.24, 2.45) is 0 Å². The average molecular weight is 204 g/mol. The molecule has 0 atom stereocenters. The summed E-state index contributed by atoms with van der Waals surface area (Å²) in [4.78, 5) is 11.5. The summed E-state index contributed by atoms with van der Waals surface area (Å²) in [6.45, 7) is 2.41. The predicted molar refractivity (Wildman–Crippen MR) is 60.8 cm³/mol. The number of anilines is 1. The Kier molecular flexibility index (Phi) is 3.02. The first kappa shape index (κ1) is 10.2. The molecule has 0 unspecified atom stereocenters. The molecule has 3 heteroatoms. The number of aryl methyl sites for hydroxylation is 1. The molecule has 1 saturated carbocycles. The van der Waals surface area contributed by atoms with Gasteiger partial charge in [0, 0.05) is 11.7 Å². The van der Waals surface area contributed by atoms with E-state index in [1.807, 2.05) is 31.2 Å². The first-order valence-corrected chi connectivity index (χ1v) is 5.34. The first-order valence-electron chi connectivity index (χ1n) is 5.34. The number of hydrogen-bond acceptors (Lipinski definition) is 2. The maximum Gasteiger partial charge on any atom is 0.238 e. The fraction of sp³-hybridized carbons (Fsp3) is 0.417. The van der Waals surface area contributed by atoms with Gasteiger partial charge in [-0.05, 0) is 31.4 Å². The Balaban J connectivity index is 1.84. The van der Waals surface area contributed by atoms with Crippen LogP contribution in [-0.2, 0) is 4.79 Å². The van der Waals surface area contributed by atoms with Crippen LogP contribution in [0.15, 0.2) is 24.3 Å². The molecule has 2 N–H and O–H groups in total. The van der Waals surface area contributed by atoms with Crippen LogP contribution in [0.2, 0.25) is 0 Å². The number of carbonyl (C=O) groups is 1. The minimum absolute atomic E-state index is 0.0381. The second kappa shape index (κ2) is 4.45. The minimum atomic E-state index is 0.0381. The molecule has 1 aliphatic rings. The highest BCUT2D eigenvalue weighted by Gasteiger charge is 2.21. The molecule has 1 amide bonds. The normalized spacial score (nSPS) is 15.0. The van der Waals surface area contributed by atoms with Crippen LogP contribution in [0.1, 0.15) is 18.4 Å². The molecule has 2 rings (SSSR count). The summed E-state index contributed by atoms with van der Waals surface area (Å²) < 4.78 is 0. The van der Waals surface area contributed by atoms with Gasteiger partial charge in [0.2, 0.25) is 5.91 Å². The van der Waals surface area contributed by atoms with E-state index in [-0.39, 0.29) is 5.91 Å². The van der Waals surface area contributed by atoms with Crippen LogP contribution in [0, 0.1) is 6.92 Å². The standard InChI is InChI=1S/C12H16N2O/c1-9-4-2-3-5-11(9)14-12(15)8-13-10-6-7-10/h2-5,10,13H,6-8H2,1H3,(H,14,15). The molecule has 0 radical (unpaired) electrons. The molecule has 3 nitrogen and oxygen atoms in total. The van der Waals surface area contributed by atoms with Gasteiger partial charge >= 0.3 is 0 Å². The number of hydrogen-bond donors (Lipinski definition) is 2. The highest BCUT2D eigenvalue weighted by atomic mass is 16.1. The average Bonchev–Trinajstić information content (AvgIpc) is 3.02. The third-order valence-electron chi connectivity index (χ3n) is 2.55. The molecule has 0 bridgehead atoms. The molecule has 1 aromatic rings. The van der Waals surface area contributed by atoms with Crippen molar-refractivity contribution in [1.82, 2.24) is 5.32 Å². The third-order valence-corrected chi connectivity index (χ3v) is 2.55. The number of carbonyl (C=O) groups excluding carboxylic acids is 1. The largest absolute Gasteiger partial charge is 0.325 e. The van der Waals surface area contributed by atoms with E-state index in [4.69, 9.17) is 0 Å². The van der Waals surface area contributed by atoms with Crippen LogP contribution in [0.25, 0.3) is 0 Å². The van der Waals surface area contributed by atoms with Crippen LogP contribution in [-0.4, -0.2) is 18.5 Å². The molecule has 0 spiro atoms. The number of para-hydroxylation sites is 1. The van der Waals surface area contributed by atoms with E-state index in [0.717, 1.165) is 11.3 Å². The quantitative estimate of drug-likeness (QED) is 0.783. The molecule has 0 aromatic heterocycles. The van der Waals surface area contributed by atoms with E-state index < -0.39 is 0 Å². The van der Waals surface area contributed by atoms with Crippen LogP contribution in [0.4, 0.5) is 5.69 Å². The fourth-order valence-electron chi connectivity index (χ4n) is 1.43. The third kappa shape index (κ3) is 3.06. The molecule has 80 valence electrons. The number of benzene rings is 1. The van der Waals surface area contributed by atoms with E-state index in [2.05, 4.69) is 10.6 Å². The van der Waals surface area contributed by atoms with E-state index in [9.17, 15) is 4.79 Å². The van der Waals surface area contributed by atoms with Gasteiger partial charge in [-0.1, -0.05) is 18.2 Å². The zero-order chi connectivity index (χ0) is 10.7. The number of rotatable bonds is 4. The van der Waals surface area contributed by atoms with Gasteiger partial charge < -0.3 is 10.6 Å². The topological polar surface area (TPSA) is 41.1 Å². The summed E-state index contributed by atoms with van der Waals surface area (Å²) in [5.41, 5.74) is 2.00.